The number of para-hydroxylation sites is 1. The number of benzene rings is 3. The first-order chi connectivity index (χ1) is 17.0. The molecular weight excluding hydrogens is 476 g/mol. The average Bonchev–Trinajstić information content (AvgIpc) is 3.20. The molecule has 0 radical (unpaired) electrons. The predicted octanol–water partition coefficient (Wildman–Crippen LogP) is 4.78. The highest BCUT2D eigenvalue weighted by Crippen LogP contribution is 2.34. The Hall–Kier alpha value is -3.95. The number of nitrogens with one attached hydrogen (secondary N) is 1. The van der Waals surface area contributed by atoms with Crippen molar-refractivity contribution in [2.45, 2.75) is 31.7 Å². The SMILES string of the molecule is Cc1cc(C(C)Nc2ccccc2S(N)(=O)=O)c2oc(-c3ccc4nn(C)cc4c3)c(C)c(=O)c2c1. The molecule has 0 amide bonds. The monoisotopic (exact) mass is 502 g/mol. The minimum atomic E-state index is -3.93. The Morgan fingerprint density at radius 2 is 1.83 bits per heavy atom. The summed E-state index contributed by atoms with van der Waals surface area (Å²) in [4.78, 5) is 13.5. The topological polar surface area (TPSA) is 120 Å². The highest BCUT2D eigenvalue weighted by molar-refractivity contribution is 7.89. The van der Waals surface area contributed by atoms with Gasteiger partial charge in [-0.05, 0) is 62.7 Å². The maximum Gasteiger partial charge on any atom is 0.240 e. The molecule has 5 rings (SSSR count). The Kier molecular flexibility index (Phi) is 5.69. The zero-order valence-electron chi connectivity index (χ0n) is 20.4. The zero-order chi connectivity index (χ0) is 25.8. The lowest BCUT2D eigenvalue weighted by molar-refractivity contribution is 0.598. The van der Waals surface area contributed by atoms with Crippen molar-refractivity contribution in [3.8, 4) is 11.3 Å². The lowest BCUT2D eigenvalue weighted by Crippen LogP contribution is -2.17. The second kappa shape index (κ2) is 8.61. The summed E-state index contributed by atoms with van der Waals surface area (Å²) in [6.45, 7) is 5.56. The fourth-order valence-electron chi connectivity index (χ4n) is 4.60. The third-order valence-corrected chi connectivity index (χ3v) is 7.27. The zero-order valence-corrected chi connectivity index (χ0v) is 21.2. The van der Waals surface area contributed by atoms with Gasteiger partial charge in [0.25, 0.3) is 0 Å². The van der Waals surface area contributed by atoms with Crippen LogP contribution in [0.1, 0.15) is 29.7 Å². The summed E-state index contributed by atoms with van der Waals surface area (Å²) in [7, 11) is -2.07. The quantitative estimate of drug-likeness (QED) is 0.357. The molecule has 2 heterocycles. The van der Waals surface area contributed by atoms with Crippen LogP contribution in [0.4, 0.5) is 5.69 Å². The van der Waals surface area contributed by atoms with E-state index in [9.17, 15) is 13.2 Å². The number of aryl methyl sites for hydroxylation is 2. The van der Waals surface area contributed by atoms with Crippen LogP contribution in [0.15, 0.2) is 74.9 Å². The van der Waals surface area contributed by atoms with Crippen molar-refractivity contribution in [2.75, 3.05) is 5.32 Å². The minimum Gasteiger partial charge on any atom is -0.455 e. The number of rotatable bonds is 5. The van der Waals surface area contributed by atoms with Gasteiger partial charge < -0.3 is 9.73 Å². The Morgan fingerprint density at radius 3 is 2.58 bits per heavy atom. The van der Waals surface area contributed by atoms with Crippen LogP contribution in [0, 0.1) is 13.8 Å². The summed E-state index contributed by atoms with van der Waals surface area (Å²) in [5, 5.41) is 14.5. The van der Waals surface area contributed by atoms with Crippen LogP contribution in [0.3, 0.4) is 0 Å². The first-order valence-electron chi connectivity index (χ1n) is 11.4. The lowest BCUT2D eigenvalue weighted by atomic mass is 9.98. The number of sulfonamides is 1. The van der Waals surface area contributed by atoms with E-state index in [1.165, 1.54) is 6.07 Å². The van der Waals surface area contributed by atoms with Gasteiger partial charge in [0.15, 0.2) is 5.43 Å². The molecule has 5 aromatic rings. The summed E-state index contributed by atoms with van der Waals surface area (Å²) >= 11 is 0. The van der Waals surface area contributed by atoms with E-state index in [0.29, 0.717) is 28.0 Å². The van der Waals surface area contributed by atoms with Crippen LogP contribution >= 0.6 is 0 Å². The van der Waals surface area contributed by atoms with Crippen molar-refractivity contribution in [1.29, 1.82) is 0 Å². The molecular formula is C27H26N4O4S. The number of nitrogens with two attached hydrogens (primary N) is 1. The van der Waals surface area contributed by atoms with E-state index < -0.39 is 16.1 Å². The van der Waals surface area contributed by atoms with Gasteiger partial charge in [-0.25, -0.2) is 13.6 Å². The molecule has 2 aromatic heterocycles. The maximum atomic E-state index is 13.5. The Labute approximate surface area is 208 Å². The standard InChI is InChI=1S/C27H26N4O4S/c1-15-11-20(17(3)29-23-7-5-6-8-24(23)36(28,33)34)27-21(12-15)25(32)16(2)26(35-27)18-9-10-22-19(13-18)14-31(4)30-22/h5-14,17,29H,1-4H3,(H2,28,33,34). The number of hydrogen-bond donors (Lipinski definition) is 2. The first kappa shape index (κ1) is 23.8. The smallest absolute Gasteiger partial charge is 0.240 e. The van der Waals surface area contributed by atoms with Crippen LogP contribution in [0.2, 0.25) is 0 Å². The molecule has 36 heavy (non-hydrogen) atoms. The van der Waals surface area contributed by atoms with Gasteiger partial charge in [-0.1, -0.05) is 18.2 Å². The van der Waals surface area contributed by atoms with Crippen LogP contribution in [-0.2, 0) is 17.1 Å². The Bertz CT molecular complexity index is 1820. The Balaban J connectivity index is 1.68. The summed E-state index contributed by atoms with van der Waals surface area (Å²) in [5.74, 6) is 0.487. The molecule has 1 unspecified atom stereocenters. The molecule has 0 aliphatic rings. The maximum absolute atomic E-state index is 13.5. The van der Waals surface area contributed by atoms with Gasteiger partial charge in [-0.2, -0.15) is 5.10 Å². The molecule has 0 saturated carbocycles. The lowest BCUT2D eigenvalue weighted by Gasteiger charge is -2.20. The number of fused-ring (bicyclic) bond motifs is 2. The summed E-state index contributed by atoms with van der Waals surface area (Å²) in [6.07, 6.45) is 1.91. The third-order valence-electron chi connectivity index (χ3n) is 6.31. The molecule has 3 aromatic carbocycles. The fraction of sp³-hybridized carbons (Fsp3) is 0.185. The number of nitrogens with zero attached hydrogens (tertiary/aromatic N) is 2. The molecule has 0 aliphatic heterocycles. The predicted molar refractivity (Wildman–Crippen MR) is 142 cm³/mol. The highest BCUT2D eigenvalue weighted by atomic mass is 32.2. The van der Waals surface area contributed by atoms with Crippen LogP contribution in [0.5, 0.6) is 0 Å². The van der Waals surface area contributed by atoms with Crippen molar-refractivity contribution in [3.63, 3.8) is 0 Å². The number of hydrogen-bond acceptors (Lipinski definition) is 6. The third kappa shape index (κ3) is 4.16. The van der Waals surface area contributed by atoms with Crippen molar-refractivity contribution >= 4 is 37.6 Å². The van der Waals surface area contributed by atoms with E-state index in [0.717, 1.165) is 27.6 Å². The fourth-order valence-corrected chi connectivity index (χ4v) is 5.30. The van der Waals surface area contributed by atoms with E-state index in [1.54, 1.807) is 29.8 Å². The van der Waals surface area contributed by atoms with E-state index in [4.69, 9.17) is 9.56 Å². The molecule has 0 aliphatic carbocycles. The van der Waals surface area contributed by atoms with Crippen LogP contribution in [0.25, 0.3) is 33.2 Å². The molecule has 0 fully saturated rings. The van der Waals surface area contributed by atoms with Gasteiger partial charge in [0.1, 0.15) is 16.2 Å². The molecule has 3 N–H and O–H groups in total. The van der Waals surface area contributed by atoms with Crippen LogP contribution < -0.4 is 15.9 Å². The second-order valence-electron chi connectivity index (χ2n) is 9.10. The van der Waals surface area contributed by atoms with E-state index >= 15 is 0 Å². The van der Waals surface area contributed by atoms with Crippen molar-refractivity contribution in [2.24, 2.45) is 12.2 Å². The van der Waals surface area contributed by atoms with Gasteiger partial charge in [-0.3, -0.25) is 9.48 Å². The summed E-state index contributed by atoms with van der Waals surface area (Å²) in [5.41, 5.74) is 4.48. The summed E-state index contributed by atoms with van der Waals surface area (Å²) < 4.78 is 32.4. The molecule has 184 valence electrons. The van der Waals surface area contributed by atoms with Crippen LogP contribution in [-0.4, -0.2) is 18.2 Å². The van der Waals surface area contributed by atoms with Crippen molar-refractivity contribution < 1.29 is 12.8 Å². The average molecular weight is 503 g/mol. The molecule has 9 heteroatoms. The number of anilines is 1. The summed E-state index contributed by atoms with van der Waals surface area (Å²) in [6, 6.07) is 15.6. The first-order valence-corrected chi connectivity index (χ1v) is 13.0. The molecule has 0 bridgehead atoms. The molecule has 8 nitrogen and oxygen atoms in total. The van der Waals surface area contributed by atoms with Gasteiger partial charge in [0.2, 0.25) is 10.0 Å². The number of aromatic nitrogens is 2. The number of primary sulfonamides is 1. The second-order valence-corrected chi connectivity index (χ2v) is 10.6. The van der Waals surface area contributed by atoms with Gasteiger partial charge in [0.05, 0.1) is 22.6 Å². The minimum absolute atomic E-state index is 0.00318. The molecule has 0 saturated heterocycles. The largest absolute Gasteiger partial charge is 0.455 e. The normalized spacial score (nSPS) is 12.8. The van der Waals surface area contributed by atoms with E-state index in [1.807, 2.05) is 57.4 Å². The van der Waals surface area contributed by atoms with Gasteiger partial charge in [0, 0.05) is 35.3 Å². The van der Waals surface area contributed by atoms with Crippen molar-refractivity contribution in [3.05, 3.63) is 87.7 Å². The Morgan fingerprint density at radius 1 is 1.08 bits per heavy atom. The van der Waals surface area contributed by atoms with Gasteiger partial charge >= 0.3 is 0 Å². The van der Waals surface area contributed by atoms with Crippen molar-refractivity contribution in [1.82, 2.24) is 9.78 Å². The van der Waals surface area contributed by atoms with E-state index in [2.05, 4.69) is 10.4 Å². The highest BCUT2D eigenvalue weighted by Gasteiger charge is 2.21. The molecule has 0 spiro atoms. The van der Waals surface area contributed by atoms with Gasteiger partial charge in [-0.15, -0.1) is 0 Å². The van der Waals surface area contributed by atoms with E-state index in [-0.39, 0.29) is 10.3 Å². The molecule has 1 atom stereocenters.